The zero-order valence-electron chi connectivity index (χ0n) is 10.2. The predicted molar refractivity (Wildman–Crippen MR) is 70.3 cm³/mol. The topological polar surface area (TPSA) is 34.1 Å². The fourth-order valence-corrected chi connectivity index (χ4v) is 2.46. The maximum Gasteiger partial charge on any atom is 0.170 e. The summed E-state index contributed by atoms with van der Waals surface area (Å²) < 4.78 is 13.1. The summed E-state index contributed by atoms with van der Waals surface area (Å²) in [6.07, 6.45) is 3.67. The number of hydrogen-bond donors (Lipinski definition) is 0. The first-order chi connectivity index (χ1) is 8.61. The second-order valence-electron chi connectivity index (χ2n) is 4.58. The number of halogens is 1. The molecule has 0 amide bonds. The van der Waals surface area contributed by atoms with Gasteiger partial charge in [-0.15, -0.1) is 0 Å². The summed E-state index contributed by atoms with van der Waals surface area (Å²) in [7, 11) is 0. The highest BCUT2D eigenvalue weighted by Gasteiger charge is 2.31. The number of benzene rings is 1. The van der Waals surface area contributed by atoms with Crippen molar-refractivity contribution in [2.45, 2.75) is 25.0 Å². The van der Waals surface area contributed by atoms with Gasteiger partial charge in [0.25, 0.3) is 0 Å². The monoisotopic (exact) mass is 266 g/mol. The average molecular weight is 266 g/mol. The van der Waals surface area contributed by atoms with Crippen LogP contribution in [0.15, 0.2) is 18.2 Å². The van der Waals surface area contributed by atoms with Crippen LogP contribution in [0.3, 0.4) is 0 Å². The molecule has 18 heavy (non-hydrogen) atoms. The van der Waals surface area contributed by atoms with Gasteiger partial charge >= 0.3 is 0 Å². The van der Waals surface area contributed by atoms with E-state index in [9.17, 15) is 14.0 Å². The van der Waals surface area contributed by atoms with Crippen LogP contribution >= 0.6 is 11.8 Å². The zero-order chi connectivity index (χ0) is 13.1. The Hall–Kier alpha value is -1.16. The number of ketones is 2. The molecule has 0 heterocycles. The van der Waals surface area contributed by atoms with Crippen molar-refractivity contribution in [3.05, 3.63) is 35.1 Å². The SMILES string of the molecule is CSCc1cc(F)ccc1C(=O)CC(=O)C1CC1. The molecule has 96 valence electrons. The fourth-order valence-electron chi connectivity index (χ4n) is 1.91. The molecule has 2 rings (SSSR count). The second kappa shape index (κ2) is 5.65. The molecule has 0 aromatic heterocycles. The van der Waals surface area contributed by atoms with Crippen LogP contribution in [0.2, 0.25) is 0 Å². The van der Waals surface area contributed by atoms with Gasteiger partial charge in [0.2, 0.25) is 0 Å². The van der Waals surface area contributed by atoms with E-state index in [4.69, 9.17) is 0 Å². The van der Waals surface area contributed by atoms with E-state index >= 15 is 0 Å². The highest BCUT2D eigenvalue weighted by molar-refractivity contribution is 7.97. The first-order valence-electron chi connectivity index (χ1n) is 5.95. The summed E-state index contributed by atoms with van der Waals surface area (Å²) in [4.78, 5) is 23.7. The van der Waals surface area contributed by atoms with Crippen LogP contribution in [0.4, 0.5) is 4.39 Å². The van der Waals surface area contributed by atoms with Crippen LogP contribution < -0.4 is 0 Å². The normalized spacial score (nSPS) is 14.6. The molecule has 0 aliphatic heterocycles. The maximum absolute atomic E-state index is 13.1. The Bertz CT molecular complexity index is 481. The van der Waals surface area contributed by atoms with Crippen LogP contribution in [0.25, 0.3) is 0 Å². The molecule has 1 aromatic carbocycles. The van der Waals surface area contributed by atoms with Gasteiger partial charge in [-0.25, -0.2) is 4.39 Å². The van der Waals surface area contributed by atoms with Crippen molar-refractivity contribution in [3.8, 4) is 0 Å². The number of hydrogen-bond acceptors (Lipinski definition) is 3. The second-order valence-corrected chi connectivity index (χ2v) is 5.44. The first kappa shape index (κ1) is 13.3. The highest BCUT2D eigenvalue weighted by Crippen LogP contribution is 2.31. The molecule has 1 fully saturated rings. The van der Waals surface area contributed by atoms with Gasteiger partial charge in [0.1, 0.15) is 11.6 Å². The van der Waals surface area contributed by atoms with Gasteiger partial charge in [0.15, 0.2) is 5.78 Å². The van der Waals surface area contributed by atoms with Gasteiger partial charge in [-0.2, -0.15) is 11.8 Å². The smallest absolute Gasteiger partial charge is 0.170 e. The molecular weight excluding hydrogens is 251 g/mol. The molecule has 2 nitrogen and oxygen atoms in total. The summed E-state index contributed by atoms with van der Waals surface area (Å²) >= 11 is 1.53. The lowest BCUT2D eigenvalue weighted by molar-refractivity contribution is -0.119. The molecule has 0 bridgehead atoms. The number of carbonyl (C=O) groups excluding carboxylic acids is 2. The van der Waals surface area contributed by atoms with E-state index in [2.05, 4.69) is 0 Å². The standard InChI is InChI=1S/C14H15FO2S/c1-18-8-10-6-11(15)4-5-12(10)14(17)7-13(16)9-2-3-9/h4-6,9H,2-3,7-8H2,1H3. The molecule has 0 N–H and O–H groups in total. The maximum atomic E-state index is 13.1. The number of carbonyl (C=O) groups is 2. The zero-order valence-corrected chi connectivity index (χ0v) is 11.1. The molecule has 0 spiro atoms. The Morgan fingerprint density at radius 3 is 2.72 bits per heavy atom. The third-order valence-electron chi connectivity index (χ3n) is 3.04. The van der Waals surface area contributed by atoms with Gasteiger partial charge in [0, 0.05) is 17.2 Å². The molecule has 1 aliphatic carbocycles. The largest absolute Gasteiger partial charge is 0.299 e. The minimum Gasteiger partial charge on any atom is -0.299 e. The molecule has 1 aliphatic rings. The van der Waals surface area contributed by atoms with Crippen molar-refractivity contribution in [3.63, 3.8) is 0 Å². The quantitative estimate of drug-likeness (QED) is 0.585. The third kappa shape index (κ3) is 3.19. The number of rotatable bonds is 6. The molecule has 0 radical (unpaired) electrons. The van der Waals surface area contributed by atoms with Crippen molar-refractivity contribution in [1.82, 2.24) is 0 Å². The van der Waals surface area contributed by atoms with Crippen LogP contribution in [0, 0.1) is 11.7 Å². The Kier molecular flexibility index (Phi) is 4.17. The summed E-state index contributed by atoms with van der Waals surface area (Å²) in [5, 5.41) is 0. The Balaban J connectivity index is 2.14. The molecule has 0 atom stereocenters. The summed E-state index contributed by atoms with van der Waals surface area (Å²) in [6, 6.07) is 4.15. The van der Waals surface area contributed by atoms with Gasteiger partial charge < -0.3 is 0 Å². The molecular formula is C14H15FO2S. The van der Waals surface area contributed by atoms with Crippen LogP contribution in [0.1, 0.15) is 35.2 Å². The van der Waals surface area contributed by atoms with E-state index in [0.717, 1.165) is 12.8 Å². The minimum absolute atomic E-state index is 0.0272. The summed E-state index contributed by atoms with van der Waals surface area (Å²) in [5.74, 6) is 0.175. The fraction of sp³-hybridized carbons (Fsp3) is 0.429. The lowest BCUT2D eigenvalue weighted by Gasteiger charge is -2.07. The third-order valence-corrected chi connectivity index (χ3v) is 3.63. The van der Waals surface area contributed by atoms with Crippen molar-refractivity contribution < 1.29 is 14.0 Å². The summed E-state index contributed by atoms with van der Waals surface area (Å²) in [5.41, 5.74) is 1.16. The average Bonchev–Trinajstić information content (AvgIpc) is 3.13. The molecule has 4 heteroatoms. The van der Waals surface area contributed by atoms with Crippen molar-refractivity contribution in [2.75, 3.05) is 6.26 Å². The van der Waals surface area contributed by atoms with Crippen molar-refractivity contribution in [2.24, 2.45) is 5.92 Å². The van der Waals surface area contributed by atoms with Crippen LogP contribution in [0.5, 0.6) is 0 Å². The van der Waals surface area contributed by atoms with E-state index < -0.39 is 0 Å². The van der Waals surface area contributed by atoms with Crippen LogP contribution in [-0.4, -0.2) is 17.8 Å². The molecule has 1 saturated carbocycles. The number of thioether (sulfide) groups is 1. The van der Waals surface area contributed by atoms with Gasteiger partial charge in [0.05, 0.1) is 6.42 Å². The van der Waals surface area contributed by atoms with E-state index in [0.29, 0.717) is 16.9 Å². The Morgan fingerprint density at radius 1 is 1.39 bits per heavy atom. The van der Waals surface area contributed by atoms with Gasteiger partial charge in [-0.3, -0.25) is 9.59 Å². The molecule has 1 aromatic rings. The highest BCUT2D eigenvalue weighted by atomic mass is 32.2. The Labute approximate surface area is 110 Å². The van der Waals surface area contributed by atoms with E-state index in [1.165, 1.54) is 30.0 Å². The molecule has 0 saturated heterocycles. The van der Waals surface area contributed by atoms with E-state index in [-0.39, 0.29) is 29.7 Å². The Morgan fingerprint density at radius 2 is 2.11 bits per heavy atom. The lowest BCUT2D eigenvalue weighted by Crippen LogP contribution is -2.11. The van der Waals surface area contributed by atoms with E-state index in [1.54, 1.807) is 0 Å². The summed E-state index contributed by atoms with van der Waals surface area (Å²) in [6.45, 7) is 0. The lowest BCUT2D eigenvalue weighted by atomic mass is 9.99. The van der Waals surface area contributed by atoms with Crippen molar-refractivity contribution in [1.29, 1.82) is 0 Å². The minimum atomic E-state index is -0.343. The van der Waals surface area contributed by atoms with Crippen LogP contribution in [-0.2, 0) is 10.5 Å². The van der Waals surface area contributed by atoms with Gasteiger partial charge in [-0.05, 0) is 42.9 Å². The van der Waals surface area contributed by atoms with E-state index in [1.807, 2.05) is 6.26 Å². The molecule has 0 unspecified atom stereocenters. The predicted octanol–water partition coefficient (Wildman–Crippen LogP) is 3.24. The van der Waals surface area contributed by atoms with Gasteiger partial charge in [-0.1, -0.05) is 0 Å². The van der Waals surface area contributed by atoms with Crippen molar-refractivity contribution >= 4 is 23.3 Å². The first-order valence-corrected chi connectivity index (χ1v) is 7.34. The number of Topliss-reactive ketones (excluding diaryl/α,β-unsaturated/α-hetero) is 2.